The Bertz CT molecular complexity index is 138. The van der Waals surface area contributed by atoms with Crippen LogP contribution in [0, 0.1) is 0 Å². The first kappa shape index (κ1) is 6.59. The fourth-order valence-corrected chi connectivity index (χ4v) is 0.843. The van der Waals surface area contributed by atoms with Crippen molar-refractivity contribution >= 4 is 5.90 Å². The summed E-state index contributed by atoms with van der Waals surface area (Å²) in [7, 11) is 0. The molecule has 0 bridgehead atoms. The number of aliphatic imine (C=N–C) groups is 1. The van der Waals surface area contributed by atoms with Crippen LogP contribution in [0.5, 0.6) is 0 Å². The van der Waals surface area contributed by atoms with Gasteiger partial charge in [-0.15, -0.1) is 0 Å². The summed E-state index contributed by atoms with van der Waals surface area (Å²) in [6, 6.07) is 0. The molecule has 0 atom stereocenters. The highest BCUT2D eigenvalue weighted by Gasteiger charge is 2.24. The van der Waals surface area contributed by atoms with Crippen molar-refractivity contribution in [3.05, 3.63) is 0 Å². The van der Waals surface area contributed by atoms with Crippen molar-refractivity contribution in [1.82, 2.24) is 0 Å². The number of nitrogens with zero attached hydrogens (tertiary/aromatic N) is 1. The quantitative estimate of drug-likeness (QED) is 0.491. The first-order valence-corrected chi connectivity index (χ1v) is 3.35. The Morgan fingerprint density at radius 1 is 1.67 bits per heavy atom. The van der Waals surface area contributed by atoms with Crippen LogP contribution in [0.2, 0.25) is 0 Å². The second-order valence-electron chi connectivity index (χ2n) is 2.96. The lowest BCUT2D eigenvalue weighted by molar-refractivity contribution is 0.274. The van der Waals surface area contributed by atoms with Crippen molar-refractivity contribution < 1.29 is 4.74 Å². The molecule has 1 aliphatic rings. The van der Waals surface area contributed by atoms with Gasteiger partial charge in [0, 0.05) is 6.42 Å². The molecule has 0 radical (unpaired) electrons. The molecule has 0 amide bonds. The topological polar surface area (TPSA) is 21.6 Å². The van der Waals surface area contributed by atoms with E-state index in [1.54, 1.807) is 0 Å². The summed E-state index contributed by atoms with van der Waals surface area (Å²) in [5, 5.41) is 0. The summed E-state index contributed by atoms with van der Waals surface area (Å²) in [6.45, 7) is 6.96. The Kier molecular flexibility index (Phi) is 1.47. The fourth-order valence-electron chi connectivity index (χ4n) is 0.843. The second-order valence-corrected chi connectivity index (χ2v) is 2.96. The maximum atomic E-state index is 5.27. The van der Waals surface area contributed by atoms with Gasteiger partial charge in [0.1, 0.15) is 6.61 Å². The third-order valence-electron chi connectivity index (χ3n) is 1.32. The van der Waals surface area contributed by atoms with Crippen molar-refractivity contribution in [2.75, 3.05) is 6.61 Å². The molecule has 0 fully saturated rings. The van der Waals surface area contributed by atoms with E-state index >= 15 is 0 Å². The molecule has 0 aromatic rings. The molecule has 2 nitrogen and oxygen atoms in total. The van der Waals surface area contributed by atoms with Crippen LogP contribution < -0.4 is 0 Å². The zero-order valence-electron chi connectivity index (χ0n) is 6.27. The maximum Gasteiger partial charge on any atom is 0.183 e. The summed E-state index contributed by atoms with van der Waals surface area (Å²) in [6.07, 6.45) is 0.920. The number of hydrogen-bond acceptors (Lipinski definition) is 2. The van der Waals surface area contributed by atoms with Gasteiger partial charge >= 0.3 is 0 Å². The van der Waals surface area contributed by atoms with E-state index in [4.69, 9.17) is 4.74 Å². The van der Waals surface area contributed by atoms with Gasteiger partial charge in [0.2, 0.25) is 0 Å². The van der Waals surface area contributed by atoms with Gasteiger partial charge in [0.15, 0.2) is 5.90 Å². The Morgan fingerprint density at radius 3 is 2.56 bits per heavy atom. The molecular formula is C7H13NO. The van der Waals surface area contributed by atoms with E-state index in [2.05, 4.69) is 25.8 Å². The number of ether oxygens (including phenoxy) is 1. The molecule has 9 heavy (non-hydrogen) atoms. The number of rotatable bonds is 1. The third kappa shape index (κ3) is 1.44. The van der Waals surface area contributed by atoms with Gasteiger partial charge in [-0.2, -0.15) is 0 Å². The Hall–Kier alpha value is -0.530. The SMILES string of the molecule is CC1(C)COC(C[13CH3])=N1. The molecule has 0 unspecified atom stereocenters. The highest BCUT2D eigenvalue weighted by molar-refractivity contribution is 5.77. The van der Waals surface area contributed by atoms with E-state index in [0.29, 0.717) is 0 Å². The predicted octanol–water partition coefficient (Wildman–Crippen LogP) is 1.60. The lowest BCUT2D eigenvalue weighted by Crippen LogP contribution is -2.17. The standard InChI is InChI=1S/C7H13NO/c1-4-6-8-7(2,3)5-9-6/h4-5H2,1-3H3/i1+1. The van der Waals surface area contributed by atoms with Crippen LogP contribution in [-0.2, 0) is 4.74 Å². The minimum Gasteiger partial charge on any atom is -0.478 e. The van der Waals surface area contributed by atoms with Gasteiger partial charge in [-0.25, -0.2) is 4.99 Å². The van der Waals surface area contributed by atoms with Crippen molar-refractivity contribution in [3.63, 3.8) is 0 Å². The van der Waals surface area contributed by atoms with Crippen LogP contribution in [-0.4, -0.2) is 18.0 Å². The van der Waals surface area contributed by atoms with Crippen LogP contribution in [0.15, 0.2) is 4.99 Å². The Morgan fingerprint density at radius 2 is 2.33 bits per heavy atom. The first-order valence-electron chi connectivity index (χ1n) is 3.35. The minimum atomic E-state index is 0.0331. The van der Waals surface area contributed by atoms with E-state index in [1.165, 1.54) is 0 Å². The molecular weight excluding hydrogens is 115 g/mol. The average molecular weight is 128 g/mol. The molecule has 2 heteroatoms. The van der Waals surface area contributed by atoms with Gasteiger partial charge in [-0.05, 0) is 13.8 Å². The van der Waals surface area contributed by atoms with Gasteiger partial charge < -0.3 is 4.74 Å². The zero-order valence-corrected chi connectivity index (χ0v) is 6.27. The monoisotopic (exact) mass is 128 g/mol. The summed E-state index contributed by atoms with van der Waals surface area (Å²) in [5.74, 6) is 0.903. The largest absolute Gasteiger partial charge is 0.478 e. The third-order valence-corrected chi connectivity index (χ3v) is 1.32. The van der Waals surface area contributed by atoms with Gasteiger partial charge in [-0.1, -0.05) is 6.92 Å². The van der Waals surface area contributed by atoms with Gasteiger partial charge in [0.05, 0.1) is 5.54 Å². The molecule has 0 saturated carbocycles. The van der Waals surface area contributed by atoms with Crippen molar-refractivity contribution in [2.24, 2.45) is 4.99 Å². The molecule has 0 N–H and O–H groups in total. The lowest BCUT2D eigenvalue weighted by Gasteiger charge is -2.07. The van der Waals surface area contributed by atoms with Crippen molar-refractivity contribution in [2.45, 2.75) is 32.7 Å². The summed E-state index contributed by atoms with van der Waals surface area (Å²) >= 11 is 0. The molecule has 52 valence electrons. The van der Waals surface area contributed by atoms with Crippen molar-refractivity contribution in [1.29, 1.82) is 0 Å². The van der Waals surface area contributed by atoms with E-state index in [-0.39, 0.29) is 5.54 Å². The van der Waals surface area contributed by atoms with E-state index in [9.17, 15) is 0 Å². The summed E-state index contributed by atoms with van der Waals surface area (Å²) < 4.78 is 5.27. The van der Waals surface area contributed by atoms with Gasteiger partial charge in [-0.3, -0.25) is 0 Å². The molecule has 1 aliphatic heterocycles. The predicted molar refractivity (Wildman–Crippen MR) is 37.8 cm³/mol. The maximum absolute atomic E-state index is 5.27. The van der Waals surface area contributed by atoms with Crippen molar-refractivity contribution in [3.8, 4) is 0 Å². The lowest BCUT2D eigenvalue weighted by atomic mass is 10.1. The van der Waals surface area contributed by atoms with Crippen LogP contribution in [0.25, 0.3) is 0 Å². The Labute approximate surface area is 55.9 Å². The number of hydrogen-bond donors (Lipinski definition) is 0. The van der Waals surface area contributed by atoms with Crippen LogP contribution in [0.1, 0.15) is 27.2 Å². The van der Waals surface area contributed by atoms with Gasteiger partial charge in [0.25, 0.3) is 0 Å². The second kappa shape index (κ2) is 2.01. The molecule has 0 aliphatic carbocycles. The first-order chi connectivity index (χ1) is 4.14. The molecule has 1 rings (SSSR count). The van der Waals surface area contributed by atoms with E-state index < -0.39 is 0 Å². The highest BCUT2D eigenvalue weighted by Crippen LogP contribution is 2.17. The molecule has 1 heterocycles. The highest BCUT2D eigenvalue weighted by atomic mass is 16.5. The molecule has 0 aromatic heterocycles. The average Bonchev–Trinajstić information content (AvgIpc) is 2.10. The molecule has 0 aromatic carbocycles. The van der Waals surface area contributed by atoms with Crippen LogP contribution in [0.4, 0.5) is 0 Å². The summed E-state index contributed by atoms with van der Waals surface area (Å²) in [5.41, 5.74) is 0.0331. The van der Waals surface area contributed by atoms with E-state index in [1.807, 2.05) is 0 Å². The minimum absolute atomic E-state index is 0.0331. The summed E-state index contributed by atoms with van der Waals surface area (Å²) in [4.78, 5) is 4.33. The zero-order chi connectivity index (χ0) is 6.91. The van der Waals surface area contributed by atoms with Crippen LogP contribution >= 0.6 is 0 Å². The molecule has 0 spiro atoms. The van der Waals surface area contributed by atoms with E-state index in [0.717, 1.165) is 18.9 Å². The fraction of sp³-hybridized carbons (Fsp3) is 0.857. The molecule has 0 saturated heterocycles. The smallest absolute Gasteiger partial charge is 0.183 e. The normalized spacial score (nSPS) is 23.2. The Balaban J connectivity index is 2.61. The van der Waals surface area contributed by atoms with Crippen LogP contribution in [0.3, 0.4) is 0 Å².